The fourth-order valence-electron chi connectivity index (χ4n) is 3.18. The molecule has 6 nitrogen and oxygen atoms in total. The molecule has 0 saturated carbocycles. The van der Waals surface area contributed by atoms with Crippen molar-refractivity contribution in [2.45, 2.75) is 40.7 Å². The molecule has 3 rings (SSSR count). The second-order valence-corrected chi connectivity index (χ2v) is 7.96. The van der Waals surface area contributed by atoms with Gasteiger partial charge in [-0.2, -0.15) is 4.99 Å². The van der Waals surface area contributed by atoms with Crippen molar-refractivity contribution in [1.82, 2.24) is 4.57 Å². The van der Waals surface area contributed by atoms with Crippen LogP contribution in [0.2, 0.25) is 0 Å². The Kier molecular flexibility index (Phi) is 7.05. The van der Waals surface area contributed by atoms with E-state index in [4.69, 9.17) is 9.47 Å². The highest BCUT2D eigenvalue weighted by Crippen LogP contribution is 2.23. The van der Waals surface area contributed by atoms with Crippen molar-refractivity contribution in [3.05, 3.63) is 57.9 Å². The number of ether oxygens (including phenoxy) is 2. The highest BCUT2D eigenvalue weighted by atomic mass is 32.1. The van der Waals surface area contributed by atoms with E-state index in [1.54, 1.807) is 11.5 Å². The number of hydrogen-bond acceptors (Lipinski definition) is 5. The minimum absolute atomic E-state index is 0.00257. The number of aromatic nitrogens is 1. The maximum atomic E-state index is 12.7. The average molecular weight is 427 g/mol. The fourth-order valence-corrected chi connectivity index (χ4v) is 4.26. The lowest BCUT2D eigenvalue weighted by atomic mass is 10.0. The second kappa shape index (κ2) is 9.71. The minimum Gasteiger partial charge on any atom is -0.494 e. The third-order valence-electron chi connectivity index (χ3n) is 4.62. The maximum absolute atomic E-state index is 12.7. The lowest BCUT2D eigenvalue weighted by molar-refractivity contribution is -0.143. The molecule has 0 radical (unpaired) electrons. The smallest absolute Gasteiger partial charge is 0.326 e. The molecule has 0 aliphatic heterocycles. The van der Waals surface area contributed by atoms with Gasteiger partial charge >= 0.3 is 5.97 Å². The third-order valence-corrected chi connectivity index (χ3v) is 5.67. The summed E-state index contributed by atoms with van der Waals surface area (Å²) in [4.78, 5) is 29.7. The third kappa shape index (κ3) is 5.16. The minimum atomic E-state index is -0.366. The van der Waals surface area contributed by atoms with Gasteiger partial charge in [0.2, 0.25) is 0 Å². The Bertz CT molecular complexity index is 1140. The normalized spacial score (nSPS) is 11.7. The Morgan fingerprint density at radius 1 is 1.07 bits per heavy atom. The summed E-state index contributed by atoms with van der Waals surface area (Å²) >= 11 is 1.36. The number of aryl methyl sites for hydroxylation is 2. The molecule has 0 unspecified atom stereocenters. The number of fused-ring (bicyclic) bond motifs is 1. The molecule has 1 aromatic heterocycles. The van der Waals surface area contributed by atoms with Crippen molar-refractivity contribution in [2.75, 3.05) is 13.2 Å². The number of rotatable bonds is 7. The fraction of sp³-hybridized carbons (Fsp3) is 0.348. The number of thiazole rings is 1. The van der Waals surface area contributed by atoms with Crippen LogP contribution in [0.1, 0.15) is 30.5 Å². The number of hydrogen-bond donors (Lipinski definition) is 0. The highest BCUT2D eigenvalue weighted by molar-refractivity contribution is 7.16. The molecule has 30 heavy (non-hydrogen) atoms. The van der Waals surface area contributed by atoms with E-state index in [1.807, 2.05) is 57.2 Å². The van der Waals surface area contributed by atoms with Crippen LogP contribution in [0.5, 0.6) is 5.75 Å². The molecule has 0 N–H and O–H groups in total. The van der Waals surface area contributed by atoms with Crippen LogP contribution in [-0.4, -0.2) is 29.7 Å². The zero-order chi connectivity index (χ0) is 21.7. The van der Waals surface area contributed by atoms with Crippen molar-refractivity contribution in [3.63, 3.8) is 0 Å². The van der Waals surface area contributed by atoms with Crippen LogP contribution in [0.3, 0.4) is 0 Å². The summed E-state index contributed by atoms with van der Waals surface area (Å²) in [5.41, 5.74) is 3.93. The molecule has 0 atom stereocenters. The molecule has 158 valence electrons. The summed E-state index contributed by atoms with van der Waals surface area (Å²) < 4.78 is 13.3. The van der Waals surface area contributed by atoms with Crippen LogP contribution in [0.15, 0.2) is 41.4 Å². The zero-order valence-corrected chi connectivity index (χ0v) is 18.5. The molecule has 7 heteroatoms. The predicted molar refractivity (Wildman–Crippen MR) is 118 cm³/mol. The van der Waals surface area contributed by atoms with Crippen molar-refractivity contribution in [1.29, 1.82) is 0 Å². The van der Waals surface area contributed by atoms with Crippen molar-refractivity contribution in [3.8, 4) is 5.75 Å². The number of carbonyl (C=O) groups excluding carboxylic acids is 2. The van der Waals surface area contributed by atoms with Gasteiger partial charge in [0.25, 0.3) is 5.91 Å². The van der Waals surface area contributed by atoms with E-state index in [1.165, 1.54) is 11.3 Å². The Morgan fingerprint density at radius 2 is 1.87 bits per heavy atom. The molecule has 3 aromatic rings. The largest absolute Gasteiger partial charge is 0.494 e. The molecule has 0 aliphatic rings. The quantitative estimate of drug-likeness (QED) is 0.537. The first-order valence-electron chi connectivity index (χ1n) is 9.96. The molecule has 0 bridgehead atoms. The summed E-state index contributed by atoms with van der Waals surface area (Å²) in [6.07, 6.45) is 0.214. The van der Waals surface area contributed by atoms with Gasteiger partial charge in [-0.05, 0) is 57.0 Å². The number of esters is 1. The van der Waals surface area contributed by atoms with E-state index in [9.17, 15) is 9.59 Å². The van der Waals surface area contributed by atoms with E-state index in [2.05, 4.69) is 4.99 Å². The summed E-state index contributed by atoms with van der Waals surface area (Å²) in [5.74, 6) is 0.121. The van der Waals surface area contributed by atoms with Crippen molar-refractivity contribution < 1.29 is 19.1 Å². The van der Waals surface area contributed by atoms with Gasteiger partial charge in [-0.15, -0.1) is 0 Å². The molecule has 0 spiro atoms. The maximum Gasteiger partial charge on any atom is 0.326 e. The Morgan fingerprint density at radius 3 is 2.60 bits per heavy atom. The highest BCUT2D eigenvalue weighted by Gasteiger charge is 2.14. The van der Waals surface area contributed by atoms with Gasteiger partial charge in [-0.25, -0.2) is 0 Å². The van der Waals surface area contributed by atoms with E-state index in [0.29, 0.717) is 18.0 Å². The van der Waals surface area contributed by atoms with Crippen LogP contribution < -0.4 is 9.54 Å². The first-order valence-corrected chi connectivity index (χ1v) is 10.8. The number of benzene rings is 2. The van der Waals surface area contributed by atoms with Crippen LogP contribution in [0, 0.1) is 13.8 Å². The van der Waals surface area contributed by atoms with Crippen LogP contribution >= 0.6 is 11.3 Å². The lowest BCUT2D eigenvalue weighted by Gasteiger charge is -2.07. The topological polar surface area (TPSA) is 69.9 Å². The van der Waals surface area contributed by atoms with Crippen LogP contribution in [-0.2, 0) is 27.3 Å². The Balaban J connectivity index is 2.01. The number of amides is 1. The van der Waals surface area contributed by atoms with Gasteiger partial charge in [0.1, 0.15) is 12.3 Å². The van der Waals surface area contributed by atoms with Crippen molar-refractivity contribution >= 4 is 33.4 Å². The van der Waals surface area contributed by atoms with Gasteiger partial charge in [0.05, 0.1) is 29.9 Å². The van der Waals surface area contributed by atoms with E-state index in [-0.39, 0.29) is 24.8 Å². The lowest BCUT2D eigenvalue weighted by Crippen LogP contribution is -2.23. The monoisotopic (exact) mass is 426 g/mol. The van der Waals surface area contributed by atoms with Gasteiger partial charge in [0.15, 0.2) is 4.80 Å². The molecule has 1 heterocycles. The predicted octanol–water partition coefficient (Wildman–Crippen LogP) is 3.95. The molecule has 0 fully saturated rings. The first kappa shape index (κ1) is 21.8. The molecular weight excluding hydrogens is 400 g/mol. The molecule has 0 aliphatic carbocycles. The summed E-state index contributed by atoms with van der Waals surface area (Å²) in [5, 5.41) is 0. The summed E-state index contributed by atoms with van der Waals surface area (Å²) in [6.45, 7) is 8.53. The Labute approximate surface area is 179 Å². The van der Waals surface area contributed by atoms with Gasteiger partial charge < -0.3 is 14.0 Å². The Hall–Kier alpha value is -2.93. The molecule has 1 amide bonds. The van der Waals surface area contributed by atoms with Crippen LogP contribution in [0.4, 0.5) is 0 Å². The zero-order valence-electron chi connectivity index (χ0n) is 17.7. The van der Waals surface area contributed by atoms with E-state index in [0.717, 1.165) is 32.7 Å². The SMILES string of the molecule is CCOC(=O)Cn1c(=NC(=O)Cc2cc(C)ccc2C)sc2cc(OCC)ccc21. The van der Waals surface area contributed by atoms with Gasteiger partial charge in [0, 0.05) is 0 Å². The number of carbonyl (C=O) groups is 2. The molecular formula is C23H26N2O4S. The van der Waals surface area contributed by atoms with E-state index >= 15 is 0 Å². The van der Waals surface area contributed by atoms with Gasteiger partial charge in [-0.3, -0.25) is 9.59 Å². The first-order chi connectivity index (χ1) is 14.4. The van der Waals surface area contributed by atoms with Crippen LogP contribution in [0.25, 0.3) is 10.2 Å². The van der Waals surface area contributed by atoms with Gasteiger partial charge in [-0.1, -0.05) is 35.1 Å². The molecule has 0 saturated heterocycles. The summed E-state index contributed by atoms with van der Waals surface area (Å²) in [6, 6.07) is 11.7. The summed E-state index contributed by atoms with van der Waals surface area (Å²) in [7, 11) is 0. The van der Waals surface area contributed by atoms with Crippen molar-refractivity contribution in [2.24, 2.45) is 4.99 Å². The molecule has 2 aromatic carbocycles. The number of nitrogens with zero attached hydrogens (tertiary/aromatic N) is 2. The average Bonchev–Trinajstić information content (AvgIpc) is 3.01. The van der Waals surface area contributed by atoms with E-state index < -0.39 is 0 Å². The standard InChI is InChI=1S/C23H26N2O4S/c1-5-28-18-9-10-19-20(13-18)30-23(25(19)14-22(27)29-6-2)24-21(26)12-17-11-15(3)7-8-16(17)4/h7-11,13H,5-6,12,14H2,1-4H3. The second-order valence-electron chi connectivity index (χ2n) is 6.95.